The first-order valence-corrected chi connectivity index (χ1v) is 12.1. The third kappa shape index (κ3) is 5.43. The average Bonchev–Trinajstić information content (AvgIpc) is 3.24. The maximum atomic E-state index is 13.2. The number of aromatic nitrogens is 2. The molecule has 8 heteroatoms. The minimum atomic E-state index is -0.289. The van der Waals surface area contributed by atoms with Crippen molar-refractivity contribution in [1.82, 2.24) is 14.5 Å². The fourth-order valence-electron chi connectivity index (χ4n) is 4.35. The van der Waals surface area contributed by atoms with Crippen molar-refractivity contribution in [1.29, 1.82) is 0 Å². The topological polar surface area (TPSA) is 85.7 Å². The van der Waals surface area contributed by atoms with Crippen LogP contribution >= 0.6 is 0 Å². The lowest BCUT2D eigenvalue weighted by atomic mass is 10.1. The number of hydrogen-bond acceptors (Lipinski definition) is 5. The Morgan fingerprint density at radius 1 is 1.08 bits per heavy atom. The first kappa shape index (κ1) is 25.0. The molecule has 0 saturated heterocycles. The maximum Gasteiger partial charge on any atom is 0.291 e. The van der Waals surface area contributed by atoms with Crippen LogP contribution in [0.1, 0.15) is 66.1 Å². The number of nitrogens with zero attached hydrogens (tertiary/aromatic N) is 3. The second kappa shape index (κ2) is 10.7. The highest BCUT2D eigenvalue weighted by atomic mass is 16.5. The first-order valence-electron chi connectivity index (χ1n) is 12.1. The Bertz CT molecular complexity index is 1260. The second-order valence-corrected chi connectivity index (χ2v) is 9.23. The van der Waals surface area contributed by atoms with Crippen LogP contribution in [0.2, 0.25) is 0 Å². The fourth-order valence-corrected chi connectivity index (χ4v) is 4.35. The summed E-state index contributed by atoms with van der Waals surface area (Å²) >= 11 is 0. The Morgan fingerprint density at radius 2 is 1.83 bits per heavy atom. The normalized spacial score (nSPS) is 12.9. The number of carbonyl (C=O) groups is 2. The van der Waals surface area contributed by atoms with Crippen LogP contribution in [0.3, 0.4) is 0 Å². The SMILES string of the molecule is C=COc1cccc(C(=O)N2CCc3c(nc(C(=O)Nc4ccc(OC(C)C)cc4)n3C(C)C)C2)c1. The highest BCUT2D eigenvalue weighted by Gasteiger charge is 2.30. The maximum absolute atomic E-state index is 13.2. The third-order valence-electron chi connectivity index (χ3n) is 5.84. The summed E-state index contributed by atoms with van der Waals surface area (Å²) in [6.45, 7) is 12.4. The summed E-state index contributed by atoms with van der Waals surface area (Å²) in [5.74, 6) is 1.24. The predicted octanol–water partition coefficient (Wildman–Crippen LogP) is 5.22. The molecule has 3 aromatic rings. The van der Waals surface area contributed by atoms with Crippen LogP contribution in [0.4, 0.5) is 5.69 Å². The summed E-state index contributed by atoms with van der Waals surface area (Å²) in [6.07, 6.45) is 2.02. The van der Waals surface area contributed by atoms with E-state index in [2.05, 4.69) is 11.9 Å². The van der Waals surface area contributed by atoms with Crippen LogP contribution in [-0.4, -0.2) is 38.9 Å². The number of anilines is 1. The molecule has 0 aliphatic carbocycles. The molecule has 1 aliphatic rings. The lowest BCUT2D eigenvalue weighted by Gasteiger charge is -2.28. The van der Waals surface area contributed by atoms with Gasteiger partial charge in [-0.2, -0.15) is 0 Å². The number of nitrogens with one attached hydrogen (secondary N) is 1. The molecular formula is C28H32N4O4. The van der Waals surface area contributed by atoms with Crippen LogP contribution in [0.25, 0.3) is 0 Å². The lowest BCUT2D eigenvalue weighted by Crippen LogP contribution is -2.36. The number of ether oxygens (including phenoxy) is 2. The fraction of sp³-hybridized carbons (Fsp3) is 0.321. The predicted molar refractivity (Wildman–Crippen MR) is 138 cm³/mol. The highest BCUT2D eigenvalue weighted by Crippen LogP contribution is 2.27. The molecule has 0 bridgehead atoms. The van der Waals surface area contributed by atoms with E-state index in [1.807, 2.05) is 56.5 Å². The summed E-state index contributed by atoms with van der Waals surface area (Å²) < 4.78 is 13.0. The minimum Gasteiger partial charge on any atom is -0.491 e. The van der Waals surface area contributed by atoms with Gasteiger partial charge in [0.15, 0.2) is 5.82 Å². The second-order valence-electron chi connectivity index (χ2n) is 9.23. The van der Waals surface area contributed by atoms with Crippen molar-refractivity contribution in [3.63, 3.8) is 0 Å². The molecule has 0 atom stereocenters. The Kier molecular flexibility index (Phi) is 7.43. The number of carbonyl (C=O) groups excluding carboxylic acids is 2. The number of rotatable bonds is 8. The summed E-state index contributed by atoms with van der Waals surface area (Å²) in [7, 11) is 0. The van der Waals surface area contributed by atoms with Gasteiger partial charge < -0.3 is 24.3 Å². The van der Waals surface area contributed by atoms with Gasteiger partial charge in [-0.3, -0.25) is 9.59 Å². The van der Waals surface area contributed by atoms with E-state index in [0.717, 1.165) is 17.1 Å². The van der Waals surface area contributed by atoms with Crippen molar-refractivity contribution in [2.45, 2.75) is 52.8 Å². The van der Waals surface area contributed by atoms with Crippen molar-refractivity contribution in [2.24, 2.45) is 0 Å². The molecule has 1 N–H and O–H groups in total. The standard InChI is InChI=1S/C28H32N4O4/c1-6-35-23-9-7-8-20(16-23)28(34)31-15-14-25-24(17-31)30-26(32(25)18(2)3)27(33)29-21-10-12-22(13-11-21)36-19(4)5/h6-13,16,18-19H,1,14-15,17H2,2-5H3,(H,29,33). The number of fused-ring (bicyclic) bond motifs is 1. The zero-order chi connectivity index (χ0) is 25.8. The molecular weight excluding hydrogens is 456 g/mol. The average molecular weight is 489 g/mol. The number of benzene rings is 2. The van der Waals surface area contributed by atoms with Crippen LogP contribution in [-0.2, 0) is 13.0 Å². The Morgan fingerprint density at radius 3 is 2.50 bits per heavy atom. The van der Waals surface area contributed by atoms with Gasteiger partial charge in [-0.15, -0.1) is 0 Å². The van der Waals surface area contributed by atoms with Crippen LogP contribution < -0.4 is 14.8 Å². The van der Waals surface area contributed by atoms with Gasteiger partial charge in [0.25, 0.3) is 11.8 Å². The zero-order valence-corrected chi connectivity index (χ0v) is 21.2. The van der Waals surface area contributed by atoms with Gasteiger partial charge in [-0.25, -0.2) is 4.98 Å². The number of amides is 2. The van der Waals surface area contributed by atoms with Crippen molar-refractivity contribution in [3.05, 3.63) is 84.1 Å². The third-order valence-corrected chi connectivity index (χ3v) is 5.84. The van der Waals surface area contributed by atoms with Crippen molar-refractivity contribution in [3.8, 4) is 11.5 Å². The molecule has 8 nitrogen and oxygen atoms in total. The van der Waals surface area contributed by atoms with Gasteiger partial charge in [0.2, 0.25) is 0 Å². The molecule has 0 unspecified atom stereocenters. The quantitative estimate of drug-likeness (QED) is 0.439. The molecule has 2 aromatic carbocycles. The first-order chi connectivity index (χ1) is 17.3. The molecule has 4 rings (SSSR count). The summed E-state index contributed by atoms with van der Waals surface area (Å²) in [4.78, 5) is 32.9. The zero-order valence-electron chi connectivity index (χ0n) is 21.2. The van der Waals surface area contributed by atoms with E-state index in [-0.39, 0.29) is 24.0 Å². The van der Waals surface area contributed by atoms with Gasteiger partial charge in [0.1, 0.15) is 11.5 Å². The number of imidazole rings is 1. The van der Waals surface area contributed by atoms with Gasteiger partial charge in [-0.1, -0.05) is 12.6 Å². The highest BCUT2D eigenvalue weighted by molar-refractivity contribution is 6.02. The molecule has 36 heavy (non-hydrogen) atoms. The molecule has 188 valence electrons. The Balaban J connectivity index is 1.53. The summed E-state index contributed by atoms with van der Waals surface area (Å²) in [6, 6.07) is 14.3. The molecule has 2 amide bonds. The van der Waals surface area contributed by atoms with E-state index in [1.165, 1.54) is 6.26 Å². The van der Waals surface area contributed by atoms with E-state index < -0.39 is 0 Å². The van der Waals surface area contributed by atoms with Gasteiger partial charge in [0.05, 0.1) is 24.6 Å². The molecule has 0 saturated carbocycles. The Labute approximate surface area is 211 Å². The van der Waals surface area contributed by atoms with E-state index in [9.17, 15) is 9.59 Å². The molecule has 0 spiro atoms. The molecule has 2 heterocycles. The minimum absolute atomic E-state index is 0.0406. The van der Waals surface area contributed by atoms with Gasteiger partial charge >= 0.3 is 0 Å². The van der Waals surface area contributed by atoms with Crippen molar-refractivity contribution < 1.29 is 19.1 Å². The van der Waals surface area contributed by atoms with Gasteiger partial charge in [-0.05, 0) is 70.2 Å². The van der Waals surface area contributed by atoms with Crippen molar-refractivity contribution >= 4 is 17.5 Å². The monoisotopic (exact) mass is 488 g/mol. The molecule has 0 radical (unpaired) electrons. The van der Waals surface area contributed by atoms with E-state index in [1.54, 1.807) is 29.2 Å². The van der Waals surface area contributed by atoms with Crippen LogP contribution in [0.5, 0.6) is 11.5 Å². The smallest absolute Gasteiger partial charge is 0.291 e. The Hall–Kier alpha value is -4.07. The van der Waals surface area contributed by atoms with E-state index in [4.69, 9.17) is 14.5 Å². The number of hydrogen-bond donors (Lipinski definition) is 1. The largest absolute Gasteiger partial charge is 0.491 e. The van der Waals surface area contributed by atoms with Crippen molar-refractivity contribution in [2.75, 3.05) is 11.9 Å². The van der Waals surface area contributed by atoms with Gasteiger partial charge in [0, 0.05) is 36.0 Å². The lowest BCUT2D eigenvalue weighted by molar-refractivity contribution is 0.0730. The van der Waals surface area contributed by atoms with E-state index >= 15 is 0 Å². The van der Waals surface area contributed by atoms with Crippen LogP contribution in [0, 0.1) is 0 Å². The van der Waals surface area contributed by atoms with E-state index in [0.29, 0.717) is 42.3 Å². The molecule has 0 fully saturated rings. The van der Waals surface area contributed by atoms with Crippen LogP contribution in [0.15, 0.2) is 61.4 Å². The molecule has 1 aromatic heterocycles. The summed E-state index contributed by atoms with van der Waals surface area (Å²) in [5.41, 5.74) is 2.92. The molecule has 1 aliphatic heterocycles. The summed E-state index contributed by atoms with van der Waals surface area (Å²) in [5, 5.41) is 2.94.